The fourth-order valence-electron chi connectivity index (χ4n) is 4.76. The number of aromatic nitrogens is 5. The van der Waals surface area contributed by atoms with Crippen LogP contribution in [0.1, 0.15) is 74.4 Å². The number of fused-ring (bicyclic) bond motifs is 1. The Balaban J connectivity index is 1.16. The molecule has 0 saturated heterocycles. The molecule has 3 aromatic rings. The Labute approximate surface area is 214 Å². The number of aromatic amines is 1. The predicted molar refractivity (Wildman–Crippen MR) is 126 cm³/mol. The maximum absolute atomic E-state index is 15.2. The summed E-state index contributed by atoms with van der Waals surface area (Å²) in [5.41, 5.74) is 1.60. The molecule has 10 nitrogen and oxygen atoms in total. The molecular formula is C24H27F4N7O3. The average molecular weight is 538 g/mol. The molecule has 38 heavy (non-hydrogen) atoms. The molecule has 204 valence electrons. The summed E-state index contributed by atoms with van der Waals surface area (Å²) in [6, 6.07) is 3.41. The monoisotopic (exact) mass is 537 g/mol. The number of ether oxygens (including phenoxy) is 2. The van der Waals surface area contributed by atoms with Crippen molar-refractivity contribution in [3.8, 4) is 0 Å². The van der Waals surface area contributed by atoms with Crippen molar-refractivity contribution >= 4 is 23.5 Å². The molecule has 6 rings (SSSR count). The first-order chi connectivity index (χ1) is 18.1. The SMILES string of the molecule is CC1(NC(=O)O[C@@H]2CC[C@H](c3cc(Nc4nc(C5CC5)cc5nc(COC(F)(F)F)cn45)n[nH]3)[C@@H]2F)CC1. The Kier molecular flexibility index (Phi) is 5.96. The number of nitrogens with one attached hydrogen (secondary N) is 3. The molecule has 3 heterocycles. The third kappa shape index (κ3) is 5.40. The molecule has 3 N–H and O–H groups in total. The van der Waals surface area contributed by atoms with Crippen molar-refractivity contribution in [2.75, 3.05) is 5.32 Å². The van der Waals surface area contributed by atoms with Crippen molar-refractivity contribution in [3.05, 3.63) is 35.4 Å². The Morgan fingerprint density at radius 3 is 2.71 bits per heavy atom. The summed E-state index contributed by atoms with van der Waals surface area (Å²) in [5.74, 6) is 0.421. The number of hydrogen-bond donors (Lipinski definition) is 3. The maximum Gasteiger partial charge on any atom is 0.522 e. The summed E-state index contributed by atoms with van der Waals surface area (Å²) in [7, 11) is 0. The van der Waals surface area contributed by atoms with Crippen molar-refractivity contribution < 1.29 is 31.8 Å². The van der Waals surface area contributed by atoms with Gasteiger partial charge in [0.25, 0.3) is 0 Å². The molecule has 14 heteroatoms. The number of alkyl carbamates (subject to hydrolysis) is 1. The lowest BCUT2D eigenvalue weighted by atomic mass is 10.0. The maximum atomic E-state index is 15.2. The fourth-order valence-corrected chi connectivity index (χ4v) is 4.76. The third-order valence-electron chi connectivity index (χ3n) is 7.30. The highest BCUT2D eigenvalue weighted by Gasteiger charge is 2.43. The molecule has 3 atom stereocenters. The third-order valence-corrected chi connectivity index (χ3v) is 7.30. The van der Waals surface area contributed by atoms with Gasteiger partial charge in [-0.1, -0.05) is 0 Å². The Bertz CT molecular complexity index is 1350. The van der Waals surface area contributed by atoms with Crippen LogP contribution in [0.15, 0.2) is 18.3 Å². The zero-order chi connectivity index (χ0) is 26.7. The standard InChI is InChI=1S/C24H27F4N7O3/c1-23(6-7-23)32-22(36)38-17-5-4-14(20(17)25)16-8-18(34-33-16)31-21-30-15(12-2-3-12)9-19-29-13(10-35(19)21)11-37-24(26,27)28/h8-10,12,14,17,20H,2-7,11H2,1H3,(H,32,36)(H2,30,31,33,34)/t14-,17-,20+/m1/s1. The summed E-state index contributed by atoms with van der Waals surface area (Å²) in [4.78, 5) is 21.0. The number of carbonyl (C=O) groups is 1. The van der Waals surface area contributed by atoms with Gasteiger partial charge >= 0.3 is 12.5 Å². The number of hydrogen-bond acceptors (Lipinski definition) is 7. The minimum atomic E-state index is -4.77. The van der Waals surface area contributed by atoms with Crippen LogP contribution in [0.4, 0.5) is 34.1 Å². The minimum Gasteiger partial charge on any atom is -0.443 e. The van der Waals surface area contributed by atoms with E-state index in [1.165, 1.54) is 10.6 Å². The van der Waals surface area contributed by atoms with Crippen molar-refractivity contribution in [3.63, 3.8) is 0 Å². The summed E-state index contributed by atoms with van der Waals surface area (Å²) >= 11 is 0. The van der Waals surface area contributed by atoms with Gasteiger partial charge in [0, 0.05) is 41.4 Å². The van der Waals surface area contributed by atoms with E-state index in [0.717, 1.165) is 31.4 Å². The van der Waals surface area contributed by atoms with Crippen LogP contribution in [0.3, 0.4) is 0 Å². The molecular weight excluding hydrogens is 510 g/mol. The molecule has 3 aromatic heterocycles. The van der Waals surface area contributed by atoms with E-state index in [9.17, 15) is 18.0 Å². The van der Waals surface area contributed by atoms with Gasteiger partial charge in [-0.25, -0.2) is 19.2 Å². The van der Waals surface area contributed by atoms with E-state index in [0.29, 0.717) is 35.9 Å². The molecule has 3 aliphatic carbocycles. The van der Waals surface area contributed by atoms with Gasteiger partial charge in [-0.2, -0.15) is 5.10 Å². The molecule has 1 amide bonds. The lowest BCUT2D eigenvalue weighted by Crippen LogP contribution is -2.38. The zero-order valence-corrected chi connectivity index (χ0v) is 20.5. The lowest BCUT2D eigenvalue weighted by Gasteiger charge is -2.19. The van der Waals surface area contributed by atoms with E-state index in [1.807, 2.05) is 6.92 Å². The predicted octanol–water partition coefficient (Wildman–Crippen LogP) is 4.97. The number of rotatable bonds is 8. The summed E-state index contributed by atoms with van der Waals surface area (Å²) in [5, 5.41) is 12.9. The van der Waals surface area contributed by atoms with Gasteiger partial charge in [0.15, 0.2) is 5.82 Å². The smallest absolute Gasteiger partial charge is 0.443 e. The Morgan fingerprint density at radius 2 is 2.00 bits per heavy atom. The first-order valence-electron chi connectivity index (χ1n) is 12.6. The van der Waals surface area contributed by atoms with E-state index in [4.69, 9.17) is 4.74 Å². The number of nitrogens with zero attached hydrogens (tertiary/aromatic N) is 4. The van der Waals surface area contributed by atoms with Gasteiger partial charge in [-0.3, -0.25) is 14.2 Å². The second-order valence-electron chi connectivity index (χ2n) is 10.6. The number of imidazole rings is 1. The highest BCUT2D eigenvalue weighted by Crippen LogP contribution is 2.41. The number of amides is 1. The van der Waals surface area contributed by atoms with Gasteiger partial charge in [-0.05, 0) is 45.4 Å². The van der Waals surface area contributed by atoms with Gasteiger partial charge in [0.2, 0.25) is 5.95 Å². The second-order valence-corrected chi connectivity index (χ2v) is 10.6. The van der Waals surface area contributed by atoms with E-state index < -0.39 is 37.3 Å². The van der Waals surface area contributed by atoms with Gasteiger partial charge in [-0.15, -0.1) is 13.2 Å². The molecule has 0 aliphatic heterocycles. The number of halogens is 4. The quantitative estimate of drug-likeness (QED) is 0.347. The van der Waals surface area contributed by atoms with E-state index in [2.05, 4.69) is 35.5 Å². The second kappa shape index (κ2) is 9.10. The van der Waals surface area contributed by atoms with Crippen molar-refractivity contribution in [1.29, 1.82) is 0 Å². The van der Waals surface area contributed by atoms with Crippen LogP contribution in [0.2, 0.25) is 0 Å². The van der Waals surface area contributed by atoms with Crippen LogP contribution in [-0.2, 0) is 16.1 Å². The molecule has 3 saturated carbocycles. The summed E-state index contributed by atoms with van der Waals surface area (Å²) in [6.45, 7) is 1.19. The van der Waals surface area contributed by atoms with Crippen LogP contribution in [0.5, 0.6) is 0 Å². The highest BCUT2D eigenvalue weighted by molar-refractivity contribution is 5.69. The van der Waals surface area contributed by atoms with Gasteiger partial charge in [0.1, 0.15) is 17.9 Å². The van der Waals surface area contributed by atoms with Crippen LogP contribution in [0.25, 0.3) is 5.65 Å². The van der Waals surface area contributed by atoms with Gasteiger partial charge in [0.05, 0.1) is 18.0 Å². The highest BCUT2D eigenvalue weighted by atomic mass is 19.4. The molecule has 0 radical (unpaired) electrons. The number of alkyl halides is 4. The molecule has 3 fully saturated rings. The average Bonchev–Trinajstić information content (AvgIpc) is 3.68. The number of anilines is 2. The largest absolute Gasteiger partial charge is 0.522 e. The fraction of sp³-hybridized carbons (Fsp3) is 0.583. The van der Waals surface area contributed by atoms with Crippen LogP contribution < -0.4 is 10.6 Å². The molecule has 0 aromatic carbocycles. The van der Waals surface area contributed by atoms with E-state index in [1.54, 1.807) is 12.1 Å². The van der Waals surface area contributed by atoms with E-state index >= 15 is 4.39 Å². The van der Waals surface area contributed by atoms with Crippen LogP contribution in [-0.4, -0.2) is 54.8 Å². The minimum absolute atomic E-state index is 0.0971. The molecule has 0 spiro atoms. The normalized spacial score (nSPS) is 24.5. The van der Waals surface area contributed by atoms with E-state index in [-0.39, 0.29) is 17.2 Å². The first kappa shape index (κ1) is 24.9. The van der Waals surface area contributed by atoms with Crippen molar-refractivity contribution in [1.82, 2.24) is 29.9 Å². The van der Waals surface area contributed by atoms with Crippen molar-refractivity contribution in [2.24, 2.45) is 0 Å². The molecule has 3 aliphatic rings. The number of carbonyl (C=O) groups excluding carboxylic acids is 1. The first-order valence-corrected chi connectivity index (χ1v) is 12.6. The van der Waals surface area contributed by atoms with Crippen LogP contribution in [0, 0.1) is 0 Å². The summed E-state index contributed by atoms with van der Waals surface area (Å²) in [6.07, 6.45) is -1.62. The molecule has 0 bridgehead atoms. The summed E-state index contributed by atoms with van der Waals surface area (Å²) < 4.78 is 63.5. The Hall–Kier alpha value is -3.42. The van der Waals surface area contributed by atoms with Gasteiger partial charge < -0.3 is 15.4 Å². The number of H-pyrrole nitrogens is 1. The van der Waals surface area contributed by atoms with Crippen molar-refractivity contribution in [2.45, 2.75) is 88.1 Å². The topological polar surface area (TPSA) is 118 Å². The zero-order valence-electron chi connectivity index (χ0n) is 20.5. The van der Waals surface area contributed by atoms with Crippen LogP contribution >= 0.6 is 0 Å². The Morgan fingerprint density at radius 1 is 1.21 bits per heavy atom. The molecule has 0 unspecified atom stereocenters. The lowest BCUT2D eigenvalue weighted by molar-refractivity contribution is -0.330.